The summed E-state index contributed by atoms with van der Waals surface area (Å²) < 4.78 is 0. The van der Waals surface area contributed by atoms with Crippen LogP contribution in [0.2, 0.25) is 0 Å². The molecule has 2 aliphatic heterocycles. The molecule has 3 nitrogen and oxygen atoms in total. The first-order valence-electron chi connectivity index (χ1n) is 8.86. The summed E-state index contributed by atoms with van der Waals surface area (Å²) in [4.78, 5) is 16.9. The van der Waals surface area contributed by atoms with Crippen LogP contribution in [0.1, 0.15) is 45.1 Å². The Morgan fingerprint density at radius 2 is 1.88 bits per heavy atom. The molecule has 0 aromatic heterocycles. The number of likely N-dealkylation sites (tertiary alicyclic amines) is 1. The summed E-state index contributed by atoms with van der Waals surface area (Å²) in [5.74, 6) is 0.393. The third kappa shape index (κ3) is 3.32. The van der Waals surface area contributed by atoms with E-state index in [0.29, 0.717) is 6.04 Å². The zero-order valence-electron chi connectivity index (χ0n) is 15.2. The highest BCUT2D eigenvalue weighted by Crippen LogP contribution is 2.37. The van der Waals surface area contributed by atoms with E-state index in [9.17, 15) is 4.79 Å². The van der Waals surface area contributed by atoms with Crippen LogP contribution in [-0.2, 0) is 4.79 Å². The maximum atomic E-state index is 12.7. The van der Waals surface area contributed by atoms with Crippen molar-refractivity contribution in [3.63, 3.8) is 0 Å². The van der Waals surface area contributed by atoms with Crippen molar-refractivity contribution in [1.29, 1.82) is 0 Å². The maximum Gasteiger partial charge on any atom is 0.235 e. The summed E-state index contributed by atoms with van der Waals surface area (Å²) in [5, 5.41) is 0. The third-order valence-electron chi connectivity index (χ3n) is 5.03. The molecule has 3 heteroatoms. The third-order valence-corrected chi connectivity index (χ3v) is 5.03. The number of rotatable bonds is 2. The average Bonchev–Trinajstić information content (AvgIpc) is 2.99. The fourth-order valence-electron chi connectivity index (χ4n) is 3.68. The number of amides is 1. The van der Waals surface area contributed by atoms with E-state index < -0.39 is 0 Å². The van der Waals surface area contributed by atoms with Crippen molar-refractivity contribution in [3.05, 3.63) is 59.9 Å². The van der Waals surface area contributed by atoms with E-state index in [1.165, 1.54) is 17.6 Å². The normalized spacial score (nSPS) is 25.0. The molecule has 0 radical (unpaired) electrons. The van der Waals surface area contributed by atoms with Gasteiger partial charge < -0.3 is 0 Å². The number of benzene rings is 1. The van der Waals surface area contributed by atoms with Gasteiger partial charge in [-0.25, -0.2) is 0 Å². The van der Waals surface area contributed by atoms with Gasteiger partial charge in [0.15, 0.2) is 0 Å². The Labute approximate surface area is 145 Å². The Morgan fingerprint density at radius 1 is 1.17 bits per heavy atom. The van der Waals surface area contributed by atoms with Crippen molar-refractivity contribution in [3.8, 4) is 0 Å². The molecule has 1 aromatic rings. The van der Waals surface area contributed by atoms with Gasteiger partial charge in [-0.3, -0.25) is 14.6 Å². The second-order valence-electron chi connectivity index (χ2n) is 7.96. The minimum absolute atomic E-state index is 0.142. The van der Waals surface area contributed by atoms with Crippen LogP contribution in [0.3, 0.4) is 0 Å². The SMILES string of the molecule is CN1CCC[C@H]1C1=CN(C(=O)C(C)(C)C)C=C[C@@H]1c1ccccc1. The molecule has 3 rings (SSSR count). The van der Waals surface area contributed by atoms with Gasteiger partial charge in [0.05, 0.1) is 0 Å². The first kappa shape index (κ1) is 17.0. The number of likely N-dealkylation sites (N-methyl/N-ethyl adjacent to an activating group) is 1. The van der Waals surface area contributed by atoms with Crippen molar-refractivity contribution in [2.24, 2.45) is 5.41 Å². The van der Waals surface area contributed by atoms with Gasteiger partial charge in [0.25, 0.3) is 0 Å². The van der Waals surface area contributed by atoms with Gasteiger partial charge in [-0.05, 0) is 37.6 Å². The zero-order chi connectivity index (χ0) is 17.3. The molecule has 0 saturated carbocycles. The smallest absolute Gasteiger partial charge is 0.235 e. The molecule has 1 aromatic carbocycles. The van der Waals surface area contributed by atoms with Crippen LogP contribution in [0.4, 0.5) is 0 Å². The first-order valence-corrected chi connectivity index (χ1v) is 8.86. The molecule has 1 saturated heterocycles. The number of carbonyl (C=O) groups is 1. The monoisotopic (exact) mass is 324 g/mol. The van der Waals surface area contributed by atoms with Crippen molar-refractivity contribution in [2.75, 3.05) is 13.6 Å². The van der Waals surface area contributed by atoms with Crippen molar-refractivity contribution >= 4 is 5.91 Å². The largest absolute Gasteiger partial charge is 0.300 e. The number of allylic oxidation sites excluding steroid dienone is 1. The highest BCUT2D eigenvalue weighted by atomic mass is 16.2. The lowest BCUT2D eigenvalue weighted by Crippen LogP contribution is -2.37. The van der Waals surface area contributed by atoms with Crippen LogP contribution >= 0.6 is 0 Å². The Kier molecular flexibility index (Phi) is 4.64. The lowest BCUT2D eigenvalue weighted by atomic mass is 9.84. The fraction of sp³-hybridized carbons (Fsp3) is 0.476. The molecular formula is C21H28N2O. The van der Waals surface area contributed by atoms with Crippen LogP contribution in [0.5, 0.6) is 0 Å². The van der Waals surface area contributed by atoms with Crippen LogP contribution in [0.25, 0.3) is 0 Å². The molecule has 24 heavy (non-hydrogen) atoms. The predicted molar refractivity (Wildman–Crippen MR) is 98.4 cm³/mol. The van der Waals surface area contributed by atoms with E-state index in [0.717, 1.165) is 13.0 Å². The molecule has 0 spiro atoms. The summed E-state index contributed by atoms with van der Waals surface area (Å²) in [6, 6.07) is 11.0. The molecule has 2 aliphatic rings. The van der Waals surface area contributed by atoms with E-state index in [4.69, 9.17) is 0 Å². The van der Waals surface area contributed by atoms with E-state index in [1.54, 1.807) is 4.90 Å². The van der Waals surface area contributed by atoms with Gasteiger partial charge in [-0.1, -0.05) is 57.2 Å². The molecule has 2 atom stereocenters. The predicted octanol–water partition coefficient (Wildman–Crippen LogP) is 4.15. The van der Waals surface area contributed by atoms with Crippen molar-refractivity contribution in [2.45, 2.75) is 45.6 Å². The summed E-state index contributed by atoms with van der Waals surface area (Å²) in [7, 11) is 2.19. The van der Waals surface area contributed by atoms with Gasteiger partial charge in [-0.15, -0.1) is 0 Å². The number of hydrogen-bond acceptors (Lipinski definition) is 2. The molecule has 0 bridgehead atoms. The van der Waals surface area contributed by atoms with Gasteiger partial charge >= 0.3 is 0 Å². The summed E-state index contributed by atoms with van der Waals surface area (Å²) in [5.41, 5.74) is 2.25. The quantitative estimate of drug-likeness (QED) is 0.816. The highest BCUT2D eigenvalue weighted by molar-refractivity contribution is 5.83. The molecule has 2 heterocycles. The minimum atomic E-state index is -0.382. The van der Waals surface area contributed by atoms with Gasteiger partial charge in [0.1, 0.15) is 0 Å². The second-order valence-corrected chi connectivity index (χ2v) is 7.96. The summed E-state index contributed by atoms with van der Waals surface area (Å²) in [6.07, 6.45) is 8.61. The number of nitrogens with zero attached hydrogens (tertiary/aromatic N) is 2. The summed E-state index contributed by atoms with van der Waals surface area (Å²) in [6.45, 7) is 7.05. The Hall–Kier alpha value is -1.87. The van der Waals surface area contributed by atoms with Gasteiger partial charge in [0.2, 0.25) is 5.91 Å². The molecule has 0 unspecified atom stereocenters. The topological polar surface area (TPSA) is 23.6 Å². The molecule has 1 amide bonds. The van der Waals surface area contributed by atoms with Gasteiger partial charge in [0, 0.05) is 29.8 Å². The van der Waals surface area contributed by atoms with Crippen LogP contribution in [-0.4, -0.2) is 35.3 Å². The van der Waals surface area contributed by atoms with Crippen molar-refractivity contribution < 1.29 is 4.79 Å². The molecule has 0 N–H and O–H groups in total. The molecule has 128 valence electrons. The Morgan fingerprint density at radius 3 is 2.46 bits per heavy atom. The number of carbonyl (C=O) groups excluding carboxylic acids is 1. The van der Waals surface area contributed by atoms with Crippen LogP contribution < -0.4 is 0 Å². The lowest BCUT2D eigenvalue weighted by molar-refractivity contribution is -0.134. The van der Waals surface area contributed by atoms with E-state index in [2.05, 4.69) is 54.6 Å². The zero-order valence-corrected chi connectivity index (χ0v) is 15.2. The van der Waals surface area contributed by atoms with Crippen LogP contribution in [0, 0.1) is 5.41 Å². The van der Waals surface area contributed by atoms with Gasteiger partial charge in [-0.2, -0.15) is 0 Å². The molecule has 1 fully saturated rings. The van der Waals surface area contributed by atoms with Crippen LogP contribution in [0.15, 0.2) is 54.4 Å². The number of hydrogen-bond donors (Lipinski definition) is 0. The Balaban J connectivity index is 1.97. The highest BCUT2D eigenvalue weighted by Gasteiger charge is 2.34. The minimum Gasteiger partial charge on any atom is -0.300 e. The maximum absolute atomic E-state index is 12.7. The average molecular weight is 324 g/mol. The summed E-state index contributed by atoms with van der Waals surface area (Å²) >= 11 is 0. The standard InChI is InChI=1S/C21H28N2O/c1-21(2,3)20(24)23-14-12-17(16-9-6-5-7-10-16)18(15-23)19-11-8-13-22(19)4/h5-7,9-10,12,14-15,17,19H,8,11,13H2,1-4H3/t17-,19+/m1/s1. The molecule has 0 aliphatic carbocycles. The first-order chi connectivity index (χ1) is 11.4. The lowest BCUT2D eigenvalue weighted by Gasteiger charge is -2.34. The van der Waals surface area contributed by atoms with E-state index in [-0.39, 0.29) is 17.2 Å². The fourth-order valence-corrected chi connectivity index (χ4v) is 3.68. The van der Waals surface area contributed by atoms with Crippen molar-refractivity contribution in [1.82, 2.24) is 9.80 Å². The second kappa shape index (κ2) is 6.56. The Bertz CT molecular complexity index is 654. The van der Waals surface area contributed by atoms with E-state index in [1.807, 2.05) is 27.0 Å². The molecular weight excluding hydrogens is 296 g/mol. The van der Waals surface area contributed by atoms with E-state index >= 15 is 0 Å².